The van der Waals surface area contributed by atoms with E-state index < -0.39 is 0 Å². The first-order valence-electron chi connectivity index (χ1n) is 2.88. The lowest BCUT2D eigenvalue weighted by Gasteiger charge is -1.93. The van der Waals surface area contributed by atoms with E-state index in [1.807, 2.05) is 0 Å². The number of rotatable bonds is 0. The van der Waals surface area contributed by atoms with E-state index in [9.17, 15) is 5.11 Å². The third-order valence-corrected chi connectivity index (χ3v) is 3.16. The molecule has 5 heteroatoms. The molecule has 0 aliphatic carbocycles. The van der Waals surface area contributed by atoms with Crippen molar-refractivity contribution in [2.75, 3.05) is 0 Å². The number of phenolic OH excluding ortho intramolecular Hbond substituents is 1. The fourth-order valence-corrected chi connectivity index (χ4v) is 1.96. The third-order valence-electron chi connectivity index (χ3n) is 1.34. The van der Waals surface area contributed by atoms with E-state index in [1.54, 1.807) is 12.1 Å². The van der Waals surface area contributed by atoms with Crippen molar-refractivity contribution >= 4 is 37.7 Å². The van der Waals surface area contributed by atoms with E-state index in [0.717, 1.165) is 10.2 Å². The van der Waals surface area contributed by atoms with Crippen molar-refractivity contribution in [1.29, 1.82) is 0 Å². The second kappa shape index (κ2) is 2.42. The molecule has 0 fully saturated rings. The van der Waals surface area contributed by atoms with E-state index in [4.69, 9.17) is 0 Å². The quantitative estimate of drug-likeness (QED) is 0.755. The number of nitrogens with zero attached hydrogens (tertiary/aromatic N) is 2. The van der Waals surface area contributed by atoms with Gasteiger partial charge in [-0.25, -0.2) is 0 Å². The Kier molecular flexibility index (Phi) is 1.54. The summed E-state index contributed by atoms with van der Waals surface area (Å²) in [5.41, 5.74) is 0.805. The Hall–Kier alpha value is -0.680. The molecular weight excluding hydrogens is 228 g/mol. The van der Waals surface area contributed by atoms with Crippen molar-refractivity contribution in [3.05, 3.63) is 16.6 Å². The van der Waals surface area contributed by atoms with Gasteiger partial charge in [0.25, 0.3) is 0 Å². The third kappa shape index (κ3) is 1.00. The zero-order chi connectivity index (χ0) is 7.84. The number of aromatic hydroxyl groups is 1. The topological polar surface area (TPSA) is 46.0 Å². The van der Waals surface area contributed by atoms with Crippen LogP contribution < -0.4 is 0 Å². The van der Waals surface area contributed by atoms with E-state index >= 15 is 0 Å². The minimum Gasteiger partial charge on any atom is -0.507 e. The molecule has 2 rings (SSSR count). The highest BCUT2D eigenvalue weighted by molar-refractivity contribution is 9.10. The molecule has 0 radical (unpaired) electrons. The first-order valence-corrected chi connectivity index (χ1v) is 4.45. The van der Waals surface area contributed by atoms with E-state index in [1.165, 1.54) is 11.5 Å². The fraction of sp³-hybridized carbons (Fsp3) is 0. The molecule has 3 nitrogen and oxygen atoms in total. The van der Waals surface area contributed by atoms with Crippen LogP contribution in [0.2, 0.25) is 0 Å². The molecule has 2 aromatic rings. The summed E-state index contributed by atoms with van der Waals surface area (Å²) in [6.45, 7) is 0. The average molecular weight is 231 g/mol. The number of hydrogen-bond donors (Lipinski definition) is 1. The molecule has 0 saturated heterocycles. The van der Waals surface area contributed by atoms with Gasteiger partial charge in [0.15, 0.2) is 0 Å². The Labute approximate surface area is 75.0 Å². The van der Waals surface area contributed by atoms with E-state index in [0.29, 0.717) is 4.47 Å². The molecule has 0 atom stereocenters. The van der Waals surface area contributed by atoms with Gasteiger partial charge in [-0.15, -0.1) is 5.10 Å². The van der Waals surface area contributed by atoms with Gasteiger partial charge in [-0.3, -0.25) is 0 Å². The molecule has 1 N–H and O–H groups in total. The normalized spacial score (nSPS) is 10.6. The Morgan fingerprint density at radius 1 is 1.45 bits per heavy atom. The molecule has 0 amide bonds. The van der Waals surface area contributed by atoms with Crippen molar-refractivity contribution in [3.8, 4) is 5.75 Å². The summed E-state index contributed by atoms with van der Waals surface area (Å²) in [5, 5.41) is 13.1. The Morgan fingerprint density at radius 2 is 2.27 bits per heavy atom. The second-order valence-corrected chi connectivity index (χ2v) is 3.57. The maximum atomic E-state index is 9.24. The standard InChI is InChI=1S/C6H3BrN2OS/c7-5-4(10)2-1-3-6(5)11-9-8-3/h1-2,10H. The average Bonchev–Trinajstić information content (AvgIpc) is 2.45. The van der Waals surface area contributed by atoms with Crippen LogP contribution in [0.5, 0.6) is 5.75 Å². The molecule has 0 aliphatic rings. The van der Waals surface area contributed by atoms with Crippen LogP contribution in [0.15, 0.2) is 16.6 Å². The summed E-state index contributed by atoms with van der Waals surface area (Å²) in [6.07, 6.45) is 0. The summed E-state index contributed by atoms with van der Waals surface area (Å²) in [4.78, 5) is 0. The van der Waals surface area contributed by atoms with Gasteiger partial charge < -0.3 is 5.11 Å². The van der Waals surface area contributed by atoms with E-state index in [2.05, 4.69) is 25.5 Å². The number of aromatic nitrogens is 2. The van der Waals surface area contributed by atoms with Gasteiger partial charge >= 0.3 is 0 Å². The first kappa shape index (κ1) is 7.00. The Balaban J connectivity index is 2.93. The fourth-order valence-electron chi connectivity index (χ4n) is 0.806. The molecular formula is C6H3BrN2OS. The molecule has 0 unspecified atom stereocenters. The minimum absolute atomic E-state index is 0.226. The van der Waals surface area contributed by atoms with Gasteiger partial charge in [0.2, 0.25) is 0 Å². The van der Waals surface area contributed by atoms with Gasteiger partial charge in [-0.1, -0.05) is 4.49 Å². The number of hydrogen-bond acceptors (Lipinski definition) is 4. The molecule has 11 heavy (non-hydrogen) atoms. The van der Waals surface area contributed by atoms with Gasteiger partial charge in [-0.2, -0.15) is 0 Å². The van der Waals surface area contributed by atoms with Crippen LogP contribution >= 0.6 is 27.5 Å². The highest BCUT2D eigenvalue weighted by atomic mass is 79.9. The lowest BCUT2D eigenvalue weighted by atomic mass is 10.3. The van der Waals surface area contributed by atoms with E-state index in [-0.39, 0.29) is 5.75 Å². The highest BCUT2D eigenvalue weighted by Crippen LogP contribution is 2.32. The SMILES string of the molecule is Oc1ccc2nnsc2c1Br. The van der Waals surface area contributed by atoms with Crippen molar-refractivity contribution in [3.63, 3.8) is 0 Å². The monoisotopic (exact) mass is 230 g/mol. The predicted molar refractivity (Wildman–Crippen MR) is 46.8 cm³/mol. The van der Waals surface area contributed by atoms with Crippen molar-refractivity contribution in [2.45, 2.75) is 0 Å². The van der Waals surface area contributed by atoms with Crippen LogP contribution in [0.1, 0.15) is 0 Å². The maximum absolute atomic E-state index is 9.24. The van der Waals surface area contributed by atoms with Crippen LogP contribution in [-0.4, -0.2) is 14.7 Å². The minimum atomic E-state index is 0.226. The number of fused-ring (bicyclic) bond motifs is 1. The lowest BCUT2D eigenvalue weighted by molar-refractivity contribution is 0.473. The first-order chi connectivity index (χ1) is 5.29. The molecule has 0 aliphatic heterocycles. The largest absolute Gasteiger partial charge is 0.507 e. The maximum Gasteiger partial charge on any atom is 0.131 e. The van der Waals surface area contributed by atoms with Crippen LogP contribution in [0.4, 0.5) is 0 Å². The number of benzene rings is 1. The molecule has 1 heterocycles. The van der Waals surface area contributed by atoms with Crippen LogP contribution in [0.3, 0.4) is 0 Å². The molecule has 0 saturated carbocycles. The molecule has 56 valence electrons. The summed E-state index contributed by atoms with van der Waals surface area (Å²) in [6, 6.07) is 3.33. The predicted octanol–water partition coefficient (Wildman–Crippen LogP) is 2.16. The summed E-state index contributed by atoms with van der Waals surface area (Å²) in [7, 11) is 0. The zero-order valence-electron chi connectivity index (χ0n) is 5.28. The number of halogens is 1. The second-order valence-electron chi connectivity index (χ2n) is 2.02. The number of phenols is 1. The molecule has 1 aromatic carbocycles. The Bertz CT molecular complexity index is 400. The smallest absolute Gasteiger partial charge is 0.131 e. The highest BCUT2D eigenvalue weighted by Gasteiger charge is 2.05. The van der Waals surface area contributed by atoms with Gasteiger partial charge in [0.1, 0.15) is 11.3 Å². The summed E-state index contributed by atoms with van der Waals surface area (Å²) < 4.78 is 5.30. The van der Waals surface area contributed by atoms with Gasteiger partial charge in [0, 0.05) is 0 Å². The van der Waals surface area contributed by atoms with Crippen molar-refractivity contribution in [2.24, 2.45) is 0 Å². The molecule has 0 bridgehead atoms. The summed E-state index contributed by atoms with van der Waals surface area (Å²) in [5.74, 6) is 0.226. The lowest BCUT2D eigenvalue weighted by Crippen LogP contribution is -1.70. The Morgan fingerprint density at radius 3 is 3.09 bits per heavy atom. The van der Waals surface area contributed by atoms with Crippen LogP contribution in [-0.2, 0) is 0 Å². The molecule has 0 spiro atoms. The van der Waals surface area contributed by atoms with Crippen molar-refractivity contribution in [1.82, 2.24) is 9.59 Å². The van der Waals surface area contributed by atoms with Gasteiger partial charge in [0.05, 0.1) is 9.17 Å². The summed E-state index contributed by atoms with van der Waals surface area (Å²) >= 11 is 4.50. The van der Waals surface area contributed by atoms with Gasteiger partial charge in [-0.05, 0) is 39.6 Å². The van der Waals surface area contributed by atoms with Crippen molar-refractivity contribution < 1.29 is 5.11 Å². The van der Waals surface area contributed by atoms with Crippen LogP contribution in [0.25, 0.3) is 10.2 Å². The van der Waals surface area contributed by atoms with Crippen LogP contribution in [0, 0.1) is 0 Å². The zero-order valence-corrected chi connectivity index (χ0v) is 7.69. The molecule has 1 aromatic heterocycles.